The van der Waals surface area contributed by atoms with E-state index < -0.39 is 6.10 Å². The summed E-state index contributed by atoms with van der Waals surface area (Å²) in [6, 6.07) is 0. The lowest BCUT2D eigenvalue weighted by Gasteiger charge is -2.18. The fraction of sp³-hybridized carbons (Fsp3) is 0.714. The summed E-state index contributed by atoms with van der Waals surface area (Å²) >= 11 is 0. The highest BCUT2D eigenvalue weighted by atomic mass is 16.6. The average Bonchev–Trinajstić information content (AvgIpc) is 2.33. The highest BCUT2D eigenvalue weighted by molar-refractivity contribution is 5.75. The number of carbonyl (C=O) groups excluding carboxylic acids is 2. The molecular weight excluding hydrogens is 232 g/mol. The van der Waals surface area contributed by atoms with Crippen LogP contribution in [-0.2, 0) is 19.1 Å². The number of carbonyl (C=O) groups is 2. The van der Waals surface area contributed by atoms with E-state index in [1.54, 1.807) is 19.9 Å². The lowest BCUT2D eigenvalue weighted by atomic mass is 10.1. The molecule has 0 aliphatic rings. The molecule has 0 aromatic rings. The van der Waals surface area contributed by atoms with Gasteiger partial charge in [-0.15, -0.1) is 6.58 Å². The quantitative estimate of drug-likeness (QED) is 0.342. The summed E-state index contributed by atoms with van der Waals surface area (Å²) in [7, 11) is 1.47. The predicted octanol–water partition coefficient (Wildman–Crippen LogP) is 2.66. The Kier molecular flexibility index (Phi) is 9.19. The third-order valence-corrected chi connectivity index (χ3v) is 2.70. The second-order valence-corrected chi connectivity index (χ2v) is 4.41. The molecule has 0 radical (unpaired) electrons. The monoisotopic (exact) mass is 256 g/mol. The van der Waals surface area contributed by atoms with Crippen LogP contribution in [0, 0.1) is 0 Å². The van der Waals surface area contributed by atoms with Crippen molar-refractivity contribution in [3.05, 3.63) is 12.7 Å². The SMILES string of the molecule is C=CCC(CCCCC(C)=O)OC(=O)C(C)OC. The number of hydrogen-bond acceptors (Lipinski definition) is 4. The van der Waals surface area contributed by atoms with Gasteiger partial charge in [0.25, 0.3) is 0 Å². The molecule has 0 fully saturated rings. The molecule has 0 saturated carbocycles. The molecule has 4 nitrogen and oxygen atoms in total. The second kappa shape index (κ2) is 9.83. The molecule has 0 rings (SSSR count). The van der Waals surface area contributed by atoms with E-state index in [0.717, 1.165) is 19.3 Å². The fourth-order valence-electron chi connectivity index (χ4n) is 1.51. The van der Waals surface area contributed by atoms with Gasteiger partial charge in [-0.05, 0) is 33.1 Å². The maximum absolute atomic E-state index is 11.6. The number of methoxy groups -OCH3 is 1. The van der Waals surface area contributed by atoms with Gasteiger partial charge in [0.15, 0.2) is 6.10 Å². The van der Waals surface area contributed by atoms with E-state index in [4.69, 9.17) is 9.47 Å². The average molecular weight is 256 g/mol. The van der Waals surface area contributed by atoms with Crippen LogP contribution < -0.4 is 0 Å². The molecule has 104 valence electrons. The maximum Gasteiger partial charge on any atom is 0.335 e. The van der Waals surface area contributed by atoms with Crippen LogP contribution in [0.25, 0.3) is 0 Å². The van der Waals surface area contributed by atoms with Gasteiger partial charge in [-0.3, -0.25) is 0 Å². The minimum absolute atomic E-state index is 0.167. The van der Waals surface area contributed by atoms with Crippen LogP contribution >= 0.6 is 0 Å². The molecule has 2 atom stereocenters. The summed E-state index contributed by atoms with van der Waals surface area (Å²) in [6.07, 6.45) is 4.69. The van der Waals surface area contributed by atoms with Crippen LogP contribution in [0.15, 0.2) is 12.7 Å². The molecule has 0 bridgehead atoms. The molecule has 0 amide bonds. The number of unbranched alkanes of at least 4 members (excludes halogenated alkanes) is 1. The fourth-order valence-corrected chi connectivity index (χ4v) is 1.51. The zero-order valence-electron chi connectivity index (χ0n) is 11.6. The Hall–Kier alpha value is -1.16. The van der Waals surface area contributed by atoms with Crippen molar-refractivity contribution in [2.24, 2.45) is 0 Å². The molecule has 0 N–H and O–H groups in total. The van der Waals surface area contributed by atoms with E-state index in [9.17, 15) is 9.59 Å². The number of ether oxygens (including phenoxy) is 2. The van der Waals surface area contributed by atoms with Crippen LogP contribution in [0.4, 0.5) is 0 Å². The third kappa shape index (κ3) is 8.01. The van der Waals surface area contributed by atoms with Crippen molar-refractivity contribution >= 4 is 11.8 Å². The molecule has 0 aliphatic heterocycles. The Morgan fingerprint density at radius 3 is 2.50 bits per heavy atom. The lowest BCUT2D eigenvalue weighted by Crippen LogP contribution is -2.27. The van der Waals surface area contributed by atoms with Crippen LogP contribution in [0.2, 0.25) is 0 Å². The van der Waals surface area contributed by atoms with Crippen LogP contribution in [0.3, 0.4) is 0 Å². The van der Waals surface area contributed by atoms with Crippen molar-refractivity contribution in [3.63, 3.8) is 0 Å². The van der Waals surface area contributed by atoms with Crippen molar-refractivity contribution in [3.8, 4) is 0 Å². The van der Waals surface area contributed by atoms with Gasteiger partial charge in [0.2, 0.25) is 0 Å². The predicted molar refractivity (Wildman–Crippen MR) is 70.3 cm³/mol. The van der Waals surface area contributed by atoms with Gasteiger partial charge in [0, 0.05) is 20.0 Å². The first-order chi connectivity index (χ1) is 8.51. The van der Waals surface area contributed by atoms with Crippen LogP contribution in [-0.4, -0.2) is 31.1 Å². The van der Waals surface area contributed by atoms with E-state index in [2.05, 4.69) is 6.58 Å². The van der Waals surface area contributed by atoms with Gasteiger partial charge in [0.1, 0.15) is 11.9 Å². The topological polar surface area (TPSA) is 52.6 Å². The van der Waals surface area contributed by atoms with Crippen LogP contribution in [0.5, 0.6) is 0 Å². The molecule has 0 aliphatic carbocycles. The zero-order valence-corrected chi connectivity index (χ0v) is 11.6. The van der Waals surface area contributed by atoms with Crippen molar-refractivity contribution in [1.29, 1.82) is 0 Å². The molecular formula is C14H24O4. The minimum Gasteiger partial charge on any atom is -0.460 e. The molecule has 0 spiro atoms. The number of Topliss-reactive ketones (excluding diaryl/α,β-unsaturated/α-hetero) is 1. The minimum atomic E-state index is -0.547. The van der Waals surface area contributed by atoms with Crippen molar-refractivity contribution in [2.75, 3.05) is 7.11 Å². The Bertz CT molecular complexity index is 273. The summed E-state index contributed by atoms with van der Waals surface area (Å²) < 4.78 is 10.2. The summed E-state index contributed by atoms with van der Waals surface area (Å²) in [4.78, 5) is 22.4. The van der Waals surface area contributed by atoms with Gasteiger partial charge < -0.3 is 14.3 Å². The Morgan fingerprint density at radius 2 is 2.00 bits per heavy atom. The van der Waals surface area contributed by atoms with E-state index in [-0.39, 0.29) is 17.9 Å². The number of esters is 1. The summed E-state index contributed by atoms with van der Waals surface area (Å²) in [6.45, 7) is 6.89. The van der Waals surface area contributed by atoms with Gasteiger partial charge in [-0.25, -0.2) is 4.79 Å². The molecule has 4 heteroatoms. The van der Waals surface area contributed by atoms with Gasteiger partial charge >= 0.3 is 5.97 Å². The number of ketones is 1. The second-order valence-electron chi connectivity index (χ2n) is 4.41. The third-order valence-electron chi connectivity index (χ3n) is 2.70. The van der Waals surface area contributed by atoms with Crippen molar-refractivity contribution < 1.29 is 19.1 Å². The van der Waals surface area contributed by atoms with Gasteiger partial charge in [0.05, 0.1) is 0 Å². The lowest BCUT2D eigenvalue weighted by molar-refractivity contribution is -0.160. The zero-order chi connectivity index (χ0) is 14.0. The Balaban J connectivity index is 4.02. The van der Waals surface area contributed by atoms with E-state index in [0.29, 0.717) is 12.8 Å². The molecule has 0 aromatic carbocycles. The number of rotatable bonds is 10. The summed E-state index contributed by atoms with van der Waals surface area (Å²) in [5.74, 6) is -0.156. The van der Waals surface area contributed by atoms with Crippen molar-refractivity contribution in [2.45, 2.75) is 58.2 Å². The standard InChI is InChI=1S/C14H24O4/c1-5-8-13(10-7-6-9-11(2)15)18-14(16)12(3)17-4/h5,12-13H,1,6-10H2,2-4H3. The van der Waals surface area contributed by atoms with E-state index in [1.165, 1.54) is 7.11 Å². The first kappa shape index (κ1) is 16.8. The highest BCUT2D eigenvalue weighted by Gasteiger charge is 2.18. The first-order valence-corrected chi connectivity index (χ1v) is 6.34. The highest BCUT2D eigenvalue weighted by Crippen LogP contribution is 2.12. The van der Waals surface area contributed by atoms with Crippen LogP contribution in [0.1, 0.15) is 46.0 Å². The number of hydrogen-bond donors (Lipinski definition) is 0. The molecule has 18 heavy (non-hydrogen) atoms. The Morgan fingerprint density at radius 1 is 1.33 bits per heavy atom. The smallest absolute Gasteiger partial charge is 0.335 e. The normalized spacial score (nSPS) is 13.7. The van der Waals surface area contributed by atoms with Gasteiger partial charge in [-0.2, -0.15) is 0 Å². The largest absolute Gasteiger partial charge is 0.460 e. The van der Waals surface area contributed by atoms with E-state index >= 15 is 0 Å². The van der Waals surface area contributed by atoms with Crippen molar-refractivity contribution in [1.82, 2.24) is 0 Å². The maximum atomic E-state index is 11.6. The van der Waals surface area contributed by atoms with E-state index in [1.807, 2.05) is 0 Å². The molecule has 0 heterocycles. The summed E-state index contributed by atoms with van der Waals surface area (Å²) in [5.41, 5.74) is 0. The molecule has 2 unspecified atom stereocenters. The first-order valence-electron chi connectivity index (χ1n) is 6.34. The Labute approximate surface area is 109 Å². The summed E-state index contributed by atoms with van der Waals surface area (Å²) in [5, 5.41) is 0. The van der Waals surface area contributed by atoms with Gasteiger partial charge in [-0.1, -0.05) is 6.08 Å². The molecule has 0 aromatic heterocycles. The molecule has 0 saturated heterocycles.